The highest BCUT2D eigenvalue weighted by molar-refractivity contribution is 6.35. The minimum absolute atomic E-state index is 0.830. The van der Waals surface area contributed by atoms with Gasteiger partial charge in [-0.05, 0) is 0 Å². The zero-order valence-electron chi connectivity index (χ0n) is 4.57. The van der Waals surface area contributed by atoms with Crippen molar-refractivity contribution in [3.8, 4) is 0 Å². The van der Waals surface area contributed by atoms with Crippen LogP contribution >= 0.6 is 0 Å². The van der Waals surface area contributed by atoms with Crippen LogP contribution in [0.15, 0.2) is 0 Å². The Morgan fingerprint density at radius 3 is 2.11 bits per heavy atom. The number of carbonyl (C=O) groups is 2. The van der Waals surface area contributed by atoms with Gasteiger partial charge in [-0.1, -0.05) is 0 Å². The lowest BCUT2D eigenvalue weighted by Crippen LogP contribution is -2.38. The summed E-state index contributed by atoms with van der Waals surface area (Å²) in [5.74, 6) is -2.67. The van der Waals surface area contributed by atoms with Crippen LogP contribution in [0, 0.1) is 6.54 Å². The van der Waals surface area contributed by atoms with Gasteiger partial charge in [0.1, 0.15) is 0 Å². The predicted molar refractivity (Wildman–Crippen MR) is 29.1 cm³/mol. The van der Waals surface area contributed by atoms with E-state index in [1.54, 1.807) is 0 Å². The number of nitrogens with two attached hydrogens (primary N) is 2. The molecule has 0 spiro atoms. The van der Waals surface area contributed by atoms with Crippen LogP contribution in [0.4, 0.5) is 0 Å². The summed E-state index contributed by atoms with van der Waals surface area (Å²) < 4.78 is 0. The quantitative estimate of drug-likeness (QED) is 0.387. The second-order valence-corrected chi connectivity index (χ2v) is 1.39. The number of hydrogen-bond acceptors (Lipinski definition) is 4. The third kappa shape index (κ3) is 2.20. The molecule has 0 saturated carbocycles. The molecule has 0 rings (SSSR count). The molecule has 1 atom stereocenters. The summed E-state index contributed by atoms with van der Waals surface area (Å²) in [6.07, 6.45) is 0. The van der Waals surface area contributed by atoms with Crippen molar-refractivity contribution in [2.24, 2.45) is 11.5 Å². The average molecular weight is 131 g/mol. The van der Waals surface area contributed by atoms with Gasteiger partial charge in [-0.25, -0.2) is 4.79 Å². The minimum Gasteiger partial charge on any atom is -0.475 e. The Kier molecular flexibility index (Phi) is 2.83. The maximum atomic E-state index is 10.2. The Morgan fingerprint density at radius 2 is 2.00 bits per heavy atom. The van der Waals surface area contributed by atoms with Crippen molar-refractivity contribution in [3.05, 3.63) is 6.54 Å². The first kappa shape index (κ1) is 8.06. The first-order valence-corrected chi connectivity index (χ1v) is 2.17. The van der Waals surface area contributed by atoms with Crippen LogP contribution in [-0.2, 0) is 9.59 Å². The molecule has 0 aliphatic heterocycles. The Balaban J connectivity index is 3.88. The molecule has 0 aromatic rings. The number of carbonyl (C=O) groups excluding carboxylic acids is 1. The fourth-order valence-corrected chi connectivity index (χ4v) is 0.230. The smallest absolute Gasteiger partial charge is 0.373 e. The largest absolute Gasteiger partial charge is 0.475 e. The van der Waals surface area contributed by atoms with Crippen LogP contribution in [0.1, 0.15) is 0 Å². The van der Waals surface area contributed by atoms with E-state index in [1.165, 1.54) is 0 Å². The number of hydrogen-bond donors (Lipinski definition) is 3. The van der Waals surface area contributed by atoms with Crippen LogP contribution in [0.2, 0.25) is 0 Å². The lowest BCUT2D eigenvalue weighted by atomic mass is 10.2. The highest BCUT2D eigenvalue weighted by Gasteiger charge is 2.18. The summed E-state index contributed by atoms with van der Waals surface area (Å²) in [5, 5.41) is 7.98. The molecule has 0 amide bonds. The number of carboxylic acid groups (broad SMARTS) is 1. The van der Waals surface area contributed by atoms with E-state index in [2.05, 4.69) is 0 Å². The van der Waals surface area contributed by atoms with Crippen LogP contribution < -0.4 is 11.5 Å². The van der Waals surface area contributed by atoms with Crippen LogP contribution in [0.5, 0.6) is 0 Å². The average Bonchev–Trinajstić information content (AvgIpc) is 1.84. The maximum absolute atomic E-state index is 10.2. The fourth-order valence-electron chi connectivity index (χ4n) is 0.230. The molecule has 9 heavy (non-hydrogen) atoms. The van der Waals surface area contributed by atoms with Gasteiger partial charge >= 0.3 is 5.97 Å². The molecule has 0 aliphatic rings. The zero-order valence-corrected chi connectivity index (χ0v) is 4.57. The first-order chi connectivity index (χ1) is 4.09. The van der Waals surface area contributed by atoms with Crippen molar-refractivity contribution in [2.75, 3.05) is 0 Å². The van der Waals surface area contributed by atoms with Gasteiger partial charge in [0.05, 0.1) is 6.04 Å². The summed E-state index contributed by atoms with van der Waals surface area (Å²) in [6, 6.07) is -1.19. The SMILES string of the molecule is N[CH]C(N)C(=O)C(=O)O. The van der Waals surface area contributed by atoms with E-state index < -0.39 is 17.8 Å². The third-order valence-electron chi connectivity index (χ3n) is 0.721. The Morgan fingerprint density at radius 1 is 1.56 bits per heavy atom. The summed E-state index contributed by atoms with van der Waals surface area (Å²) in [7, 11) is 0. The van der Waals surface area contributed by atoms with Crippen LogP contribution in [-0.4, -0.2) is 22.9 Å². The Bertz CT molecular complexity index is 134. The van der Waals surface area contributed by atoms with Gasteiger partial charge in [0, 0.05) is 6.54 Å². The fraction of sp³-hybridized carbons (Fsp3) is 0.250. The Hall–Kier alpha value is -0.940. The van der Waals surface area contributed by atoms with E-state index in [4.69, 9.17) is 16.6 Å². The topological polar surface area (TPSA) is 106 Å². The molecule has 0 bridgehead atoms. The third-order valence-corrected chi connectivity index (χ3v) is 0.721. The number of aliphatic carboxylic acids is 1. The standard InChI is InChI=1S/C4H7N2O3/c5-1-2(6)3(7)4(8)9/h1-2H,5-6H2,(H,8,9). The van der Waals surface area contributed by atoms with Gasteiger partial charge < -0.3 is 16.6 Å². The monoisotopic (exact) mass is 131 g/mol. The molecule has 5 N–H and O–H groups in total. The number of ketones is 1. The summed E-state index contributed by atoms with van der Waals surface area (Å²) in [5.41, 5.74) is 9.68. The van der Waals surface area contributed by atoms with Crippen LogP contribution in [0.3, 0.4) is 0 Å². The van der Waals surface area contributed by atoms with E-state index in [1.807, 2.05) is 0 Å². The minimum atomic E-state index is -1.57. The maximum Gasteiger partial charge on any atom is 0.373 e. The predicted octanol–water partition coefficient (Wildman–Crippen LogP) is -1.91. The van der Waals surface area contributed by atoms with Gasteiger partial charge in [0.25, 0.3) is 5.78 Å². The van der Waals surface area contributed by atoms with E-state index >= 15 is 0 Å². The molecule has 0 aliphatic carbocycles. The second kappa shape index (κ2) is 3.16. The van der Waals surface area contributed by atoms with Crippen molar-refractivity contribution in [3.63, 3.8) is 0 Å². The molecule has 0 aromatic heterocycles. The number of carboxylic acids is 1. The molecule has 0 heterocycles. The number of Topliss-reactive ketones (excluding diaryl/α,β-unsaturated/α-hetero) is 1. The molecule has 0 fully saturated rings. The van der Waals surface area contributed by atoms with Crippen molar-refractivity contribution in [2.45, 2.75) is 6.04 Å². The first-order valence-electron chi connectivity index (χ1n) is 2.17. The van der Waals surface area contributed by atoms with E-state index in [-0.39, 0.29) is 0 Å². The van der Waals surface area contributed by atoms with Gasteiger partial charge in [0.15, 0.2) is 0 Å². The highest BCUT2D eigenvalue weighted by atomic mass is 16.4. The molecule has 1 radical (unpaired) electrons. The molecule has 5 nitrogen and oxygen atoms in total. The van der Waals surface area contributed by atoms with E-state index in [0.29, 0.717) is 0 Å². The zero-order chi connectivity index (χ0) is 7.44. The lowest BCUT2D eigenvalue weighted by Gasteiger charge is -1.99. The molecule has 51 valence electrons. The Labute approximate surface area is 51.6 Å². The summed E-state index contributed by atoms with van der Waals surface area (Å²) in [6.45, 7) is 0.830. The van der Waals surface area contributed by atoms with Crippen molar-refractivity contribution >= 4 is 11.8 Å². The van der Waals surface area contributed by atoms with Gasteiger partial charge in [-0.2, -0.15) is 0 Å². The molecule has 1 unspecified atom stereocenters. The van der Waals surface area contributed by atoms with Crippen molar-refractivity contribution < 1.29 is 14.7 Å². The molecular weight excluding hydrogens is 124 g/mol. The van der Waals surface area contributed by atoms with E-state index in [9.17, 15) is 9.59 Å². The van der Waals surface area contributed by atoms with Gasteiger partial charge in [-0.3, -0.25) is 4.79 Å². The highest BCUT2D eigenvalue weighted by Crippen LogP contribution is 1.81. The summed E-state index contributed by atoms with van der Waals surface area (Å²) >= 11 is 0. The molecule has 5 heteroatoms. The second-order valence-electron chi connectivity index (χ2n) is 1.39. The van der Waals surface area contributed by atoms with Gasteiger partial charge in [0.2, 0.25) is 0 Å². The van der Waals surface area contributed by atoms with Gasteiger partial charge in [-0.15, -0.1) is 0 Å². The normalized spacial score (nSPS) is 12.7. The number of rotatable bonds is 3. The molecule has 0 aromatic carbocycles. The van der Waals surface area contributed by atoms with Crippen molar-refractivity contribution in [1.29, 1.82) is 0 Å². The molecule has 0 saturated heterocycles. The molecular formula is C4H7N2O3. The summed E-state index contributed by atoms with van der Waals surface area (Å²) in [4.78, 5) is 20.0. The lowest BCUT2D eigenvalue weighted by molar-refractivity contribution is -0.149. The van der Waals surface area contributed by atoms with Crippen LogP contribution in [0.25, 0.3) is 0 Å². The van der Waals surface area contributed by atoms with Crippen molar-refractivity contribution in [1.82, 2.24) is 0 Å². The van der Waals surface area contributed by atoms with E-state index in [0.717, 1.165) is 6.54 Å².